The maximum absolute atomic E-state index is 13.0. The molecule has 1 aliphatic carbocycles. The molecule has 0 spiro atoms. The number of allylic oxidation sites excluding steroid dienone is 2. The van der Waals surface area contributed by atoms with E-state index in [4.69, 9.17) is 0 Å². The summed E-state index contributed by atoms with van der Waals surface area (Å²) in [6, 6.07) is 16.9. The number of carbonyl (C=O) groups excluding carboxylic acids is 1. The maximum atomic E-state index is 13.0. The minimum absolute atomic E-state index is 0.0709. The van der Waals surface area contributed by atoms with Crippen molar-refractivity contribution < 1.29 is 4.79 Å². The molecular weight excluding hydrogens is 392 g/mol. The van der Waals surface area contributed by atoms with E-state index < -0.39 is 0 Å². The Hall–Kier alpha value is -2.81. The molecule has 1 saturated carbocycles. The Labute approximate surface area is 194 Å². The molecule has 0 atom stereocenters. The molecule has 0 N–H and O–H groups in total. The number of hydrogen-bond acceptors (Lipinski definition) is 3. The molecule has 3 nitrogen and oxygen atoms in total. The molecule has 1 aliphatic rings. The van der Waals surface area contributed by atoms with Crippen LogP contribution in [0.1, 0.15) is 65.5 Å². The van der Waals surface area contributed by atoms with Gasteiger partial charge in [0.05, 0.1) is 0 Å². The molecule has 0 heterocycles. The van der Waals surface area contributed by atoms with Gasteiger partial charge in [-0.2, -0.15) is 0 Å². The van der Waals surface area contributed by atoms with E-state index in [2.05, 4.69) is 114 Å². The maximum Gasteiger partial charge on any atom is 0.185 e. The van der Waals surface area contributed by atoms with Crippen molar-refractivity contribution >= 4 is 29.3 Å². The summed E-state index contributed by atoms with van der Waals surface area (Å²) >= 11 is 0. The lowest BCUT2D eigenvalue weighted by Crippen LogP contribution is -2.37. The number of benzene rings is 2. The van der Waals surface area contributed by atoms with Gasteiger partial charge in [0.25, 0.3) is 0 Å². The van der Waals surface area contributed by atoms with E-state index >= 15 is 0 Å². The minimum atomic E-state index is 0.0709. The summed E-state index contributed by atoms with van der Waals surface area (Å²) in [5.74, 6) is 0.178. The van der Waals surface area contributed by atoms with E-state index in [-0.39, 0.29) is 16.9 Å². The summed E-state index contributed by atoms with van der Waals surface area (Å²) in [6.45, 7) is 13.2. The summed E-state index contributed by atoms with van der Waals surface area (Å²) in [5.41, 5.74) is 6.46. The smallest absolute Gasteiger partial charge is 0.185 e. The lowest BCUT2D eigenvalue weighted by Gasteiger charge is -2.34. The van der Waals surface area contributed by atoms with Gasteiger partial charge in [0.15, 0.2) is 5.78 Å². The molecule has 0 aliphatic heterocycles. The molecule has 2 aromatic carbocycles. The fraction of sp³-hybridized carbons (Fsp3) is 0.414. The van der Waals surface area contributed by atoms with Crippen LogP contribution in [0.2, 0.25) is 0 Å². The van der Waals surface area contributed by atoms with E-state index in [1.807, 2.05) is 12.2 Å². The van der Waals surface area contributed by atoms with Gasteiger partial charge in [-0.3, -0.25) is 4.79 Å². The SMILES string of the molecule is CN(c1ccc(/C=C2/CC/C(=C\c3ccc(N(C)C(C)(C)C)cc3)C2=O)cc1)C(C)(C)C. The monoisotopic (exact) mass is 430 g/mol. The first kappa shape index (κ1) is 23.8. The van der Waals surface area contributed by atoms with Crippen molar-refractivity contribution in [2.24, 2.45) is 0 Å². The van der Waals surface area contributed by atoms with Crippen LogP contribution < -0.4 is 9.80 Å². The molecule has 1 fully saturated rings. The summed E-state index contributed by atoms with van der Waals surface area (Å²) in [6.07, 6.45) is 5.70. The molecule has 0 saturated heterocycles. The number of carbonyl (C=O) groups is 1. The van der Waals surface area contributed by atoms with Crippen LogP contribution in [0.3, 0.4) is 0 Å². The number of hydrogen-bond donors (Lipinski definition) is 0. The van der Waals surface area contributed by atoms with Crippen molar-refractivity contribution in [2.45, 2.75) is 65.5 Å². The summed E-state index contributed by atoms with van der Waals surface area (Å²) in [7, 11) is 4.22. The van der Waals surface area contributed by atoms with Gasteiger partial charge in [-0.15, -0.1) is 0 Å². The standard InChI is InChI=1S/C29H38N2O/c1-28(2,3)30(7)25-15-9-21(10-16-25)19-23-13-14-24(27(23)32)20-22-11-17-26(18-12-22)31(8)29(4,5)6/h9-12,15-20H,13-14H2,1-8H3/b23-19-,24-20+. The highest BCUT2D eigenvalue weighted by Gasteiger charge is 2.23. The number of ketones is 1. The topological polar surface area (TPSA) is 23.6 Å². The molecule has 2 aromatic rings. The second-order valence-corrected chi connectivity index (χ2v) is 10.8. The van der Waals surface area contributed by atoms with Crippen molar-refractivity contribution in [1.82, 2.24) is 0 Å². The van der Waals surface area contributed by atoms with Gasteiger partial charge in [-0.05, 0) is 102 Å². The molecule has 3 heteroatoms. The van der Waals surface area contributed by atoms with Crippen molar-refractivity contribution in [2.75, 3.05) is 23.9 Å². The molecular formula is C29H38N2O. The van der Waals surface area contributed by atoms with Crippen LogP contribution >= 0.6 is 0 Å². The van der Waals surface area contributed by atoms with Crippen LogP contribution in [0.4, 0.5) is 11.4 Å². The highest BCUT2D eigenvalue weighted by molar-refractivity contribution is 6.15. The average molecular weight is 431 g/mol. The van der Waals surface area contributed by atoms with Gasteiger partial charge in [-0.1, -0.05) is 24.3 Å². The first-order valence-corrected chi connectivity index (χ1v) is 11.5. The second kappa shape index (κ2) is 8.97. The largest absolute Gasteiger partial charge is 0.370 e. The van der Waals surface area contributed by atoms with Gasteiger partial charge >= 0.3 is 0 Å². The molecule has 0 bridgehead atoms. The van der Waals surface area contributed by atoms with Gasteiger partial charge in [-0.25, -0.2) is 0 Å². The molecule has 32 heavy (non-hydrogen) atoms. The lowest BCUT2D eigenvalue weighted by molar-refractivity contribution is -0.111. The summed E-state index contributed by atoms with van der Waals surface area (Å²) in [5, 5.41) is 0. The average Bonchev–Trinajstić information content (AvgIpc) is 3.06. The number of anilines is 2. The zero-order valence-corrected chi connectivity index (χ0v) is 21.0. The predicted octanol–water partition coefficient (Wildman–Crippen LogP) is 6.99. The third-order valence-corrected chi connectivity index (χ3v) is 6.50. The molecule has 0 aromatic heterocycles. The molecule has 0 radical (unpaired) electrons. The fourth-order valence-corrected chi connectivity index (χ4v) is 3.74. The Kier molecular flexibility index (Phi) is 6.69. The lowest BCUT2D eigenvalue weighted by atomic mass is 10.0. The van der Waals surface area contributed by atoms with Crippen LogP contribution in [0.5, 0.6) is 0 Å². The van der Waals surface area contributed by atoms with E-state index in [1.54, 1.807) is 0 Å². The van der Waals surface area contributed by atoms with Gasteiger partial charge in [0, 0.05) is 47.7 Å². The Morgan fingerprint density at radius 2 is 0.938 bits per heavy atom. The molecule has 170 valence electrons. The number of nitrogens with zero attached hydrogens (tertiary/aromatic N) is 2. The van der Waals surface area contributed by atoms with E-state index in [0.717, 1.165) is 35.1 Å². The van der Waals surface area contributed by atoms with Gasteiger partial charge < -0.3 is 9.80 Å². The number of Topliss-reactive ketones (excluding diaryl/α,β-unsaturated/α-hetero) is 1. The van der Waals surface area contributed by atoms with Crippen LogP contribution in [0.25, 0.3) is 12.2 Å². The van der Waals surface area contributed by atoms with Crippen molar-refractivity contribution in [3.63, 3.8) is 0 Å². The van der Waals surface area contributed by atoms with Gasteiger partial charge in [0.2, 0.25) is 0 Å². The quantitative estimate of drug-likeness (QED) is 0.489. The van der Waals surface area contributed by atoms with E-state index in [1.165, 1.54) is 11.4 Å². The minimum Gasteiger partial charge on any atom is -0.370 e. The van der Waals surface area contributed by atoms with Crippen LogP contribution in [-0.4, -0.2) is 31.0 Å². The Balaban J connectivity index is 1.73. The van der Waals surface area contributed by atoms with Crippen LogP contribution in [-0.2, 0) is 4.79 Å². The normalized spacial score (nSPS) is 17.3. The Morgan fingerprint density at radius 3 is 1.22 bits per heavy atom. The first-order valence-electron chi connectivity index (χ1n) is 11.5. The van der Waals surface area contributed by atoms with Crippen molar-refractivity contribution in [3.05, 3.63) is 70.8 Å². The fourth-order valence-electron chi connectivity index (χ4n) is 3.74. The Morgan fingerprint density at radius 1 is 0.625 bits per heavy atom. The summed E-state index contributed by atoms with van der Waals surface area (Å²) in [4.78, 5) is 17.5. The highest BCUT2D eigenvalue weighted by atomic mass is 16.1. The third kappa shape index (κ3) is 5.51. The zero-order valence-electron chi connectivity index (χ0n) is 21.0. The predicted molar refractivity (Wildman–Crippen MR) is 139 cm³/mol. The molecule has 3 rings (SSSR count). The van der Waals surface area contributed by atoms with Crippen LogP contribution in [0, 0.1) is 0 Å². The Bertz CT molecular complexity index is 929. The van der Waals surface area contributed by atoms with E-state index in [0.29, 0.717) is 0 Å². The van der Waals surface area contributed by atoms with Crippen LogP contribution in [0.15, 0.2) is 59.7 Å². The second-order valence-electron chi connectivity index (χ2n) is 10.8. The molecule has 0 amide bonds. The highest BCUT2D eigenvalue weighted by Crippen LogP contribution is 2.31. The zero-order chi connectivity index (χ0) is 23.7. The van der Waals surface area contributed by atoms with Crippen molar-refractivity contribution in [3.8, 4) is 0 Å². The summed E-state index contributed by atoms with van der Waals surface area (Å²) < 4.78 is 0. The number of rotatable bonds is 4. The molecule has 0 unspecified atom stereocenters. The van der Waals surface area contributed by atoms with E-state index in [9.17, 15) is 4.79 Å². The van der Waals surface area contributed by atoms with Gasteiger partial charge in [0.1, 0.15) is 0 Å². The first-order chi connectivity index (χ1) is 14.9. The van der Waals surface area contributed by atoms with Crippen molar-refractivity contribution in [1.29, 1.82) is 0 Å². The third-order valence-electron chi connectivity index (χ3n) is 6.50.